The summed E-state index contributed by atoms with van der Waals surface area (Å²) >= 11 is 0. The van der Waals surface area contributed by atoms with Gasteiger partial charge in [-0.3, -0.25) is 0 Å². The van der Waals surface area contributed by atoms with E-state index in [1.54, 1.807) is 0 Å². The molecular weight excluding hydrogens is 158 g/mol. The quantitative estimate of drug-likeness (QED) is 0.668. The van der Waals surface area contributed by atoms with Crippen LogP contribution in [0.1, 0.15) is 25.3 Å². The number of benzene rings is 1. The van der Waals surface area contributed by atoms with Crippen LogP contribution in [-0.4, -0.2) is 14.1 Å². The maximum absolute atomic E-state index is 2.36. The standard InChI is InChI=1S/C12H17N/c1-12(8-9-12)10-6-4-5-7-11(10)13(2)3/h4-7H,8-9H2,1-3H3. The highest BCUT2D eigenvalue weighted by molar-refractivity contribution is 5.57. The number of hydrogen-bond acceptors (Lipinski definition) is 1. The predicted molar refractivity (Wildman–Crippen MR) is 57.4 cm³/mol. The first-order valence-electron chi connectivity index (χ1n) is 4.90. The number of nitrogens with zero attached hydrogens (tertiary/aromatic N) is 1. The summed E-state index contributed by atoms with van der Waals surface area (Å²) in [7, 11) is 4.23. The average molecular weight is 175 g/mol. The minimum absolute atomic E-state index is 0.473. The van der Waals surface area contributed by atoms with Gasteiger partial charge in [0.1, 0.15) is 0 Å². The van der Waals surface area contributed by atoms with Gasteiger partial charge in [0, 0.05) is 19.8 Å². The Kier molecular flexibility index (Phi) is 1.83. The molecule has 13 heavy (non-hydrogen) atoms. The van der Waals surface area contributed by atoms with Gasteiger partial charge in [-0.2, -0.15) is 0 Å². The largest absolute Gasteiger partial charge is 0.377 e. The van der Waals surface area contributed by atoms with Crippen LogP contribution in [0.3, 0.4) is 0 Å². The molecule has 0 heterocycles. The first-order valence-corrected chi connectivity index (χ1v) is 4.90. The molecule has 1 aliphatic carbocycles. The van der Waals surface area contributed by atoms with Crippen molar-refractivity contribution in [2.24, 2.45) is 0 Å². The zero-order valence-electron chi connectivity index (χ0n) is 8.67. The molecule has 1 aliphatic rings. The lowest BCUT2D eigenvalue weighted by molar-refractivity contribution is 0.783. The van der Waals surface area contributed by atoms with Crippen LogP contribution < -0.4 is 4.90 Å². The van der Waals surface area contributed by atoms with Crippen LogP contribution in [0.4, 0.5) is 5.69 Å². The summed E-state index contributed by atoms with van der Waals surface area (Å²) in [6.07, 6.45) is 2.69. The lowest BCUT2D eigenvalue weighted by Gasteiger charge is -2.20. The second kappa shape index (κ2) is 2.76. The molecule has 0 unspecified atom stereocenters. The van der Waals surface area contributed by atoms with E-state index in [1.165, 1.54) is 24.1 Å². The van der Waals surface area contributed by atoms with E-state index < -0.39 is 0 Å². The first-order chi connectivity index (χ1) is 6.13. The Morgan fingerprint density at radius 1 is 1.15 bits per heavy atom. The molecule has 0 N–H and O–H groups in total. The van der Waals surface area contributed by atoms with E-state index in [-0.39, 0.29) is 0 Å². The third-order valence-electron chi connectivity index (χ3n) is 3.04. The van der Waals surface area contributed by atoms with E-state index in [0.717, 1.165) is 0 Å². The second-order valence-corrected chi connectivity index (χ2v) is 4.47. The molecule has 0 aromatic heterocycles. The number of para-hydroxylation sites is 1. The Labute approximate surface area is 80.4 Å². The zero-order chi connectivity index (χ0) is 9.47. The molecule has 0 saturated heterocycles. The van der Waals surface area contributed by atoms with Crippen LogP contribution in [0.25, 0.3) is 0 Å². The van der Waals surface area contributed by atoms with Gasteiger partial charge in [0.25, 0.3) is 0 Å². The summed E-state index contributed by atoms with van der Waals surface area (Å²) in [4.78, 5) is 2.21. The van der Waals surface area contributed by atoms with E-state index in [1.807, 2.05) is 0 Å². The Morgan fingerprint density at radius 3 is 2.31 bits per heavy atom. The summed E-state index contributed by atoms with van der Waals surface area (Å²) < 4.78 is 0. The van der Waals surface area contributed by atoms with E-state index in [2.05, 4.69) is 50.2 Å². The van der Waals surface area contributed by atoms with Crippen LogP contribution in [0.2, 0.25) is 0 Å². The summed E-state index contributed by atoms with van der Waals surface area (Å²) in [5.41, 5.74) is 3.36. The molecule has 70 valence electrons. The summed E-state index contributed by atoms with van der Waals surface area (Å²) in [5.74, 6) is 0. The van der Waals surface area contributed by atoms with Crippen molar-refractivity contribution in [3.05, 3.63) is 29.8 Å². The molecule has 1 saturated carbocycles. The molecule has 0 spiro atoms. The fourth-order valence-corrected chi connectivity index (χ4v) is 1.83. The van der Waals surface area contributed by atoms with E-state index >= 15 is 0 Å². The molecule has 1 aromatic rings. The van der Waals surface area contributed by atoms with Crippen LogP contribution in [0.5, 0.6) is 0 Å². The molecule has 2 rings (SSSR count). The topological polar surface area (TPSA) is 3.24 Å². The molecule has 0 atom stereocenters. The number of hydrogen-bond donors (Lipinski definition) is 0. The van der Waals surface area contributed by atoms with Crippen molar-refractivity contribution in [3.63, 3.8) is 0 Å². The van der Waals surface area contributed by atoms with Crippen molar-refractivity contribution < 1.29 is 0 Å². The number of anilines is 1. The SMILES string of the molecule is CN(C)c1ccccc1C1(C)CC1. The highest BCUT2D eigenvalue weighted by Gasteiger charge is 2.40. The van der Waals surface area contributed by atoms with Crippen LogP contribution >= 0.6 is 0 Å². The summed E-state index contributed by atoms with van der Waals surface area (Å²) in [6.45, 7) is 2.36. The van der Waals surface area contributed by atoms with Gasteiger partial charge in [-0.05, 0) is 29.9 Å². The Bertz CT molecular complexity index is 311. The molecule has 0 radical (unpaired) electrons. The van der Waals surface area contributed by atoms with E-state index in [9.17, 15) is 0 Å². The lowest BCUT2D eigenvalue weighted by Crippen LogP contribution is -2.14. The van der Waals surface area contributed by atoms with Crippen LogP contribution in [-0.2, 0) is 5.41 Å². The van der Waals surface area contributed by atoms with Crippen molar-refractivity contribution in [1.29, 1.82) is 0 Å². The van der Waals surface area contributed by atoms with Gasteiger partial charge in [0.2, 0.25) is 0 Å². The Hall–Kier alpha value is -0.980. The summed E-state index contributed by atoms with van der Waals surface area (Å²) in [6, 6.07) is 8.73. The fraction of sp³-hybridized carbons (Fsp3) is 0.500. The Morgan fingerprint density at radius 2 is 1.77 bits per heavy atom. The Balaban J connectivity index is 2.44. The molecule has 0 aliphatic heterocycles. The van der Waals surface area contributed by atoms with Crippen LogP contribution in [0, 0.1) is 0 Å². The smallest absolute Gasteiger partial charge is 0.0399 e. The van der Waals surface area contributed by atoms with Crippen molar-refractivity contribution in [1.82, 2.24) is 0 Å². The maximum atomic E-state index is 2.36. The van der Waals surface area contributed by atoms with Crippen molar-refractivity contribution in [3.8, 4) is 0 Å². The van der Waals surface area contributed by atoms with E-state index in [4.69, 9.17) is 0 Å². The molecule has 1 heteroatoms. The normalized spacial score (nSPS) is 18.4. The number of rotatable bonds is 2. The van der Waals surface area contributed by atoms with Crippen LogP contribution in [0.15, 0.2) is 24.3 Å². The highest BCUT2D eigenvalue weighted by Crippen LogP contribution is 2.50. The van der Waals surface area contributed by atoms with Gasteiger partial charge >= 0.3 is 0 Å². The molecular formula is C12H17N. The molecule has 0 amide bonds. The lowest BCUT2D eigenvalue weighted by atomic mass is 9.96. The summed E-state index contributed by atoms with van der Waals surface area (Å²) in [5, 5.41) is 0. The van der Waals surface area contributed by atoms with Gasteiger partial charge in [-0.15, -0.1) is 0 Å². The molecule has 1 fully saturated rings. The monoisotopic (exact) mass is 175 g/mol. The zero-order valence-corrected chi connectivity index (χ0v) is 8.67. The van der Waals surface area contributed by atoms with Gasteiger partial charge < -0.3 is 4.90 Å². The van der Waals surface area contributed by atoms with E-state index in [0.29, 0.717) is 5.41 Å². The maximum Gasteiger partial charge on any atom is 0.0399 e. The van der Waals surface area contributed by atoms with Crippen molar-refractivity contribution in [2.75, 3.05) is 19.0 Å². The third kappa shape index (κ3) is 1.43. The second-order valence-electron chi connectivity index (χ2n) is 4.47. The van der Waals surface area contributed by atoms with Gasteiger partial charge in [0.05, 0.1) is 0 Å². The van der Waals surface area contributed by atoms with Crippen molar-refractivity contribution in [2.45, 2.75) is 25.2 Å². The molecule has 1 aromatic carbocycles. The molecule has 1 nitrogen and oxygen atoms in total. The van der Waals surface area contributed by atoms with Crippen molar-refractivity contribution >= 4 is 5.69 Å². The predicted octanol–water partition coefficient (Wildman–Crippen LogP) is 2.80. The average Bonchev–Trinajstić information content (AvgIpc) is 2.85. The fourth-order valence-electron chi connectivity index (χ4n) is 1.83. The third-order valence-corrected chi connectivity index (χ3v) is 3.04. The minimum Gasteiger partial charge on any atom is -0.377 e. The van der Waals surface area contributed by atoms with Gasteiger partial charge in [-0.25, -0.2) is 0 Å². The minimum atomic E-state index is 0.473. The highest BCUT2D eigenvalue weighted by atomic mass is 15.1. The first kappa shape index (κ1) is 8.61. The molecule has 0 bridgehead atoms. The van der Waals surface area contributed by atoms with Gasteiger partial charge in [0.15, 0.2) is 0 Å². The van der Waals surface area contributed by atoms with Gasteiger partial charge in [-0.1, -0.05) is 25.1 Å².